The Kier molecular flexibility index (Phi) is 4.12. The van der Waals surface area contributed by atoms with Crippen LogP contribution in [0.5, 0.6) is 11.5 Å². The summed E-state index contributed by atoms with van der Waals surface area (Å²) in [6.07, 6.45) is 4.54. The number of benzene rings is 1. The first-order chi connectivity index (χ1) is 10.4. The average molecular weight is 282 g/mol. The zero-order valence-electron chi connectivity index (χ0n) is 12.0. The molecule has 0 fully saturated rings. The molecule has 2 N–H and O–H groups in total. The molecule has 1 aromatic carbocycles. The van der Waals surface area contributed by atoms with Crippen LogP contribution >= 0.6 is 0 Å². The van der Waals surface area contributed by atoms with Crippen LogP contribution in [0.3, 0.4) is 0 Å². The van der Waals surface area contributed by atoms with Crippen LogP contribution in [-0.2, 0) is 6.54 Å². The number of nitrogens with zero attached hydrogens (tertiary/aromatic N) is 2. The number of hydrogen-bond acceptors (Lipinski definition) is 4. The van der Waals surface area contributed by atoms with Gasteiger partial charge in [-0.05, 0) is 43.3 Å². The first-order valence-electron chi connectivity index (χ1n) is 7.12. The summed E-state index contributed by atoms with van der Waals surface area (Å²) in [6.45, 7) is 3.92. The average Bonchev–Trinajstić information content (AvgIpc) is 2.91. The van der Waals surface area contributed by atoms with Gasteiger partial charge in [0.1, 0.15) is 11.5 Å². The molecule has 0 unspecified atom stereocenters. The molecule has 2 heterocycles. The molecule has 5 nitrogen and oxygen atoms in total. The minimum atomic E-state index is 0.728. The molecule has 3 rings (SSSR count). The summed E-state index contributed by atoms with van der Waals surface area (Å²) in [5.74, 6) is 1.51. The van der Waals surface area contributed by atoms with Crippen LogP contribution in [0.15, 0.2) is 42.7 Å². The van der Waals surface area contributed by atoms with Gasteiger partial charge >= 0.3 is 0 Å². The molecule has 0 aliphatic carbocycles. The van der Waals surface area contributed by atoms with Gasteiger partial charge < -0.3 is 10.1 Å². The van der Waals surface area contributed by atoms with Crippen molar-refractivity contribution in [3.63, 3.8) is 0 Å². The lowest BCUT2D eigenvalue weighted by atomic mass is 10.2. The molecule has 0 bridgehead atoms. The van der Waals surface area contributed by atoms with E-state index >= 15 is 0 Å². The zero-order chi connectivity index (χ0) is 14.5. The second kappa shape index (κ2) is 6.37. The first-order valence-corrected chi connectivity index (χ1v) is 7.12. The van der Waals surface area contributed by atoms with E-state index in [0.717, 1.165) is 47.6 Å². The van der Waals surface area contributed by atoms with E-state index in [1.165, 1.54) is 0 Å². The Morgan fingerprint density at radius 2 is 2.19 bits per heavy atom. The standard InChI is InChI=1S/C16H18N4O/c1-2-7-17-11-16-14-9-12(5-6-15(14)19-20-16)21-13-4-3-8-18-10-13/h3-6,8-10,17H,2,7,11H2,1H3,(H,19,20). The normalized spacial score (nSPS) is 10.9. The summed E-state index contributed by atoms with van der Waals surface area (Å²) in [7, 11) is 0. The van der Waals surface area contributed by atoms with Gasteiger partial charge in [-0.1, -0.05) is 6.92 Å². The molecule has 108 valence electrons. The smallest absolute Gasteiger partial charge is 0.145 e. The summed E-state index contributed by atoms with van der Waals surface area (Å²) in [5, 5.41) is 11.9. The Labute approximate surface area is 123 Å². The molecule has 0 saturated carbocycles. The minimum Gasteiger partial charge on any atom is -0.456 e. The van der Waals surface area contributed by atoms with Gasteiger partial charge in [0.15, 0.2) is 0 Å². The highest BCUT2D eigenvalue weighted by Crippen LogP contribution is 2.26. The third-order valence-corrected chi connectivity index (χ3v) is 3.20. The molecular formula is C16H18N4O. The lowest BCUT2D eigenvalue weighted by molar-refractivity contribution is 0.481. The van der Waals surface area contributed by atoms with Gasteiger partial charge in [0.05, 0.1) is 17.4 Å². The summed E-state index contributed by atoms with van der Waals surface area (Å²) < 4.78 is 5.81. The predicted molar refractivity (Wildman–Crippen MR) is 82.4 cm³/mol. The largest absolute Gasteiger partial charge is 0.456 e. The van der Waals surface area contributed by atoms with Crippen LogP contribution in [0.2, 0.25) is 0 Å². The molecule has 2 aromatic heterocycles. The van der Waals surface area contributed by atoms with Gasteiger partial charge in [-0.15, -0.1) is 0 Å². The third-order valence-electron chi connectivity index (χ3n) is 3.20. The fourth-order valence-electron chi connectivity index (χ4n) is 2.17. The number of hydrogen-bond donors (Lipinski definition) is 2. The van der Waals surface area contributed by atoms with Crippen LogP contribution in [0.4, 0.5) is 0 Å². The van der Waals surface area contributed by atoms with Crippen LogP contribution in [0.1, 0.15) is 19.0 Å². The van der Waals surface area contributed by atoms with Crippen LogP contribution in [0, 0.1) is 0 Å². The van der Waals surface area contributed by atoms with Crippen LogP contribution in [-0.4, -0.2) is 21.7 Å². The highest BCUT2D eigenvalue weighted by Gasteiger charge is 2.07. The molecule has 3 aromatic rings. The monoisotopic (exact) mass is 282 g/mol. The molecule has 0 spiro atoms. The van der Waals surface area contributed by atoms with Crippen LogP contribution in [0.25, 0.3) is 10.9 Å². The number of aromatic amines is 1. The van der Waals surface area contributed by atoms with Gasteiger partial charge in [0.2, 0.25) is 0 Å². The number of aromatic nitrogens is 3. The molecular weight excluding hydrogens is 264 g/mol. The maximum Gasteiger partial charge on any atom is 0.145 e. The Hall–Kier alpha value is -2.40. The van der Waals surface area contributed by atoms with Crippen molar-refractivity contribution < 1.29 is 4.74 Å². The van der Waals surface area contributed by atoms with Crippen molar-refractivity contribution in [2.75, 3.05) is 6.54 Å². The van der Waals surface area contributed by atoms with E-state index in [9.17, 15) is 0 Å². The van der Waals surface area contributed by atoms with E-state index in [1.807, 2.05) is 30.3 Å². The SMILES string of the molecule is CCCNCc1[nH]nc2ccc(Oc3cccnc3)cc12. The van der Waals surface area contributed by atoms with E-state index in [-0.39, 0.29) is 0 Å². The molecule has 5 heteroatoms. The van der Waals surface area contributed by atoms with Crippen molar-refractivity contribution in [1.29, 1.82) is 0 Å². The van der Waals surface area contributed by atoms with Crippen molar-refractivity contribution in [2.24, 2.45) is 0 Å². The Morgan fingerprint density at radius 3 is 3.00 bits per heavy atom. The Morgan fingerprint density at radius 1 is 1.24 bits per heavy atom. The van der Waals surface area contributed by atoms with E-state index in [4.69, 9.17) is 4.74 Å². The predicted octanol–water partition coefficient (Wildman–Crippen LogP) is 3.25. The summed E-state index contributed by atoms with van der Waals surface area (Å²) in [5.41, 5.74) is 2.02. The highest BCUT2D eigenvalue weighted by molar-refractivity contribution is 5.82. The maximum absolute atomic E-state index is 5.81. The molecule has 0 atom stereocenters. The molecule has 0 saturated heterocycles. The number of ether oxygens (including phenoxy) is 1. The van der Waals surface area contributed by atoms with Gasteiger partial charge in [-0.3, -0.25) is 10.1 Å². The second-order valence-electron chi connectivity index (χ2n) is 4.85. The second-order valence-corrected chi connectivity index (χ2v) is 4.85. The van der Waals surface area contributed by atoms with Crippen molar-refractivity contribution in [3.05, 3.63) is 48.4 Å². The number of rotatable bonds is 6. The van der Waals surface area contributed by atoms with E-state index in [0.29, 0.717) is 0 Å². The Balaban J connectivity index is 1.82. The van der Waals surface area contributed by atoms with E-state index in [1.54, 1.807) is 12.4 Å². The maximum atomic E-state index is 5.81. The molecule has 0 radical (unpaired) electrons. The molecule has 0 aliphatic heterocycles. The number of nitrogens with one attached hydrogen (secondary N) is 2. The highest BCUT2D eigenvalue weighted by atomic mass is 16.5. The zero-order valence-corrected chi connectivity index (χ0v) is 12.0. The lowest BCUT2D eigenvalue weighted by Crippen LogP contribution is -2.14. The van der Waals surface area contributed by atoms with Crippen molar-refractivity contribution >= 4 is 10.9 Å². The molecule has 0 amide bonds. The number of pyridine rings is 1. The summed E-state index contributed by atoms with van der Waals surface area (Å²) >= 11 is 0. The lowest BCUT2D eigenvalue weighted by Gasteiger charge is -2.05. The summed E-state index contributed by atoms with van der Waals surface area (Å²) in [4.78, 5) is 4.05. The molecule has 21 heavy (non-hydrogen) atoms. The number of H-pyrrole nitrogens is 1. The van der Waals surface area contributed by atoms with Crippen molar-refractivity contribution in [1.82, 2.24) is 20.5 Å². The topological polar surface area (TPSA) is 62.8 Å². The van der Waals surface area contributed by atoms with Crippen molar-refractivity contribution in [2.45, 2.75) is 19.9 Å². The third kappa shape index (κ3) is 3.20. The van der Waals surface area contributed by atoms with Crippen LogP contribution < -0.4 is 10.1 Å². The minimum absolute atomic E-state index is 0.728. The van der Waals surface area contributed by atoms with Gasteiger partial charge in [-0.25, -0.2) is 0 Å². The van der Waals surface area contributed by atoms with Gasteiger partial charge in [-0.2, -0.15) is 5.10 Å². The quantitative estimate of drug-likeness (QED) is 0.681. The molecule has 0 aliphatic rings. The first kappa shape index (κ1) is 13.6. The fraction of sp³-hybridized carbons (Fsp3) is 0.250. The number of fused-ring (bicyclic) bond motifs is 1. The fourth-order valence-corrected chi connectivity index (χ4v) is 2.17. The summed E-state index contributed by atoms with van der Waals surface area (Å²) in [6, 6.07) is 9.62. The Bertz CT molecular complexity index is 709. The van der Waals surface area contributed by atoms with Gasteiger partial charge in [0.25, 0.3) is 0 Å². The van der Waals surface area contributed by atoms with Gasteiger partial charge in [0, 0.05) is 18.1 Å². The van der Waals surface area contributed by atoms with E-state index < -0.39 is 0 Å². The van der Waals surface area contributed by atoms with E-state index in [2.05, 4.69) is 27.4 Å². The van der Waals surface area contributed by atoms with Crippen molar-refractivity contribution in [3.8, 4) is 11.5 Å².